The zero-order chi connectivity index (χ0) is 15.6. The van der Waals surface area contributed by atoms with E-state index >= 15 is 0 Å². The SMILES string of the molecule is COCC(=O)N1CCn2cc(C(=O)NC(C)C)nc2[C@H]1C. The fourth-order valence-corrected chi connectivity index (χ4v) is 2.48. The molecule has 0 saturated carbocycles. The molecule has 0 unspecified atom stereocenters. The normalized spacial score (nSPS) is 17.8. The minimum Gasteiger partial charge on any atom is -0.375 e. The van der Waals surface area contributed by atoms with E-state index in [9.17, 15) is 9.59 Å². The molecule has 1 aromatic rings. The van der Waals surface area contributed by atoms with Crippen LogP contribution in [0.5, 0.6) is 0 Å². The molecule has 0 fully saturated rings. The molecule has 0 saturated heterocycles. The molecular weight excluding hydrogens is 272 g/mol. The maximum atomic E-state index is 12.0. The van der Waals surface area contributed by atoms with E-state index in [4.69, 9.17) is 4.74 Å². The number of hydrogen-bond acceptors (Lipinski definition) is 4. The van der Waals surface area contributed by atoms with Crippen molar-refractivity contribution >= 4 is 11.8 Å². The molecule has 21 heavy (non-hydrogen) atoms. The molecule has 0 aliphatic carbocycles. The number of rotatable bonds is 4. The number of nitrogens with one attached hydrogen (secondary N) is 1. The van der Waals surface area contributed by atoms with E-state index in [0.29, 0.717) is 18.8 Å². The van der Waals surface area contributed by atoms with Crippen molar-refractivity contribution in [3.05, 3.63) is 17.7 Å². The second kappa shape index (κ2) is 6.26. The van der Waals surface area contributed by atoms with Gasteiger partial charge in [0.25, 0.3) is 5.91 Å². The van der Waals surface area contributed by atoms with Crippen LogP contribution in [0.15, 0.2) is 6.20 Å². The van der Waals surface area contributed by atoms with Crippen LogP contribution in [0.3, 0.4) is 0 Å². The Bertz CT molecular complexity index is 538. The Kier molecular flexibility index (Phi) is 4.62. The number of methoxy groups -OCH3 is 1. The largest absolute Gasteiger partial charge is 0.375 e. The molecule has 2 heterocycles. The van der Waals surface area contributed by atoms with Gasteiger partial charge in [-0.15, -0.1) is 0 Å². The first-order chi connectivity index (χ1) is 9.93. The molecule has 1 aliphatic rings. The smallest absolute Gasteiger partial charge is 0.271 e. The van der Waals surface area contributed by atoms with Crippen molar-refractivity contribution in [2.75, 3.05) is 20.3 Å². The maximum Gasteiger partial charge on any atom is 0.271 e. The molecule has 1 atom stereocenters. The monoisotopic (exact) mass is 294 g/mol. The van der Waals surface area contributed by atoms with E-state index in [2.05, 4.69) is 10.3 Å². The van der Waals surface area contributed by atoms with Crippen LogP contribution in [0.2, 0.25) is 0 Å². The van der Waals surface area contributed by atoms with Gasteiger partial charge in [0.1, 0.15) is 18.1 Å². The van der Waals surface area contributed by atoms with Crippen molar-refractivity contribution in [2.45, 2.75) is 39.4 Å². The number of aromatic nitrogens is 2. The predicted octanol–water partition coefficient (Wildman–Crippen LogP) is 0.571. The number of imidazole rings is 1. The van der Waals surface area contributed by atoms with E-state index in [0.717, 1.165) is 5.82 Å². The lowest BCUT2D eigenvalue weighted by Crippen LogP contribution is -2.42. The molecule has 7 heteroatoms. The molecule has 2 rings (SSSR count). The molecule has 1 aromatic heterocycles. The molecule has 0 radical (unpaired) electrons. The van der Waals surface area contributed by atoms with E-state index < -0.39 is 0 Å². The summed E-state index contributed by atoms with van der Waals surface area (Å²) in [7, 11) is 1.50. The van der Waals surface area contributed by atoms with Crippen molar-refractivity contribution in [3.8, 4) is 0 Å². The summed E-state index contributed by atoms with van der Waals surface area (Å²) in [5, 5.41) is 2.82. The number of carbonyl (C=O) groups is 2. The summed E-state index contributed by atoms with van der Waals surface area (Å²) in [6, 6.07) is -0.101. The number of nitrogens with zero attached hydrogens (tertiary/aromatic N) is 3. The van der Waals surface area contributed by atoms with Gasteiger partial charge in [-0.3, -0.25) is 9.59 Å². The Labute approximate surface area is 124 Å². The Morgan fingerprint density at radius 2 is 2.19 bits per heavy atom. The van der Waals surface area contributed by atoms with E-state index in [1.165, 1.54) is 7.11 Å². The van der Waals surface area contributed by atoms with E-state index in [-0.39, 0.29) is 30.5 Å². The van der Waals surface area contributed by atoms with E-state index in [1.807, 2.05) is 25.3 Å². The van der Waals surface area contributed by atoms with Gasteiger partial charge in [-0.25, -0.2) is 4.98 Å². The van der Waals surface area contributed by atoms with Crippen LogP contribution in [0, 0.1) is 0 Å². The second-order valence-electron chi connectivity index (χ2n) is 5.50. The minimum atomic E-state index is -0.186. The number of ether oxygens (including phenoxy) is 1. The molecule has 0 aromatic carbocycles. The topological polar surface area (TPSA) is 76.5 Å². The summed E-state index contributed by atoms with van der Waals surface area (Å²) in [5.74, 6) is 0.487. The lowest BCUT2D eigenvalue weighted by molar-refractivity contribution is -0.138. The highest BCUT2D eigenvalue weighted by Crippen LogP contribution is 2.24. The van der Waals surface area contributed by atoms with Crippen LogP contribution in [0.4, 0.5) is 0 Å². The maximum absolute atomic E-state index is 12.0. The van der Waals surface area contributed by atoms with Gasteiger partial charge >= 0.3 is 0 Å². The standard InChI is InChI=1S/C14H22N4O3/c1-9(2)15-14(20)11-7-17-5-6-18(12(19)8-21-4)10(3)13(17)16-11/h7,9-10H,5-6,8H2,1-4H3,(H,15,20)/t10-/m1/s1. The number of hydrogen-bond donors (Lipinski definition) is 1. The zero-order valence-corrected chi connectivity index (χ0v) is 12.9. The summed E-state index contributed by atoms with van der Waals surface area (Å²) < 4.78 is 6.84. The summed E-state index contributed by atoms with van der Waals surface area (Å²) in [6.07, 6.45) is 1.75. The highest BCUT2D eigenvalue weighted by atomic mass is 16.5. The second-order valence-corrected chi connectivity index (χ2v) is 5.50. The van der Waals surface area contributed by atoms with Gasteiger partial charge < -0.3 is 19.5 Å². The van der Waals surface area contributed by atoms with Gasteiger partial charge in [0.15, 0.2) is 0 Å². The van der Waals surface area contributed by atoms with E-state index in [1.54, 1.807) is 11.1 Å². The Balaban J connectivity index is 2.18. The van der Waals surface area contributed by atoms with Gasteiger partial charge in [-0.1, -0.05) is 0 Å². The molecule has 0 bridgehead atoms. The predicted molar refractivity (Wildman–Crippen MR) is 76.8 cm³/mol. The van der Waals surface area contributed by atoms with Crippen LogP contribution < -0.4 is 5.32 Å². The van der Waals surface area contributed by atoms with Crippen molar-refractivity contribution in [1.82, 2.24) is 19.8 Å². The number of carbonyl (C=O) groups excluding carboxylic acids is 2. The first-order valence-corrected chi connectivity index (χ1v) is 7.10. The van der Waals surface area contributed by atoms with Gasteiger partial charge in [-0.2, -0.15) is 0 Å². The van der Waals surface area contributed by atoms with Crippen LogP contribution in [-0.4, -0.2) is 52.6 Å². The van der Waals surface area contributed by atoms with Gasteiger partial charge in [0.05, 0.1) is 6.04 Å². The average Bonchev–Trinajstić information content (AvgIpc) is 2.83. The highest BCUT2D eigenvalue weighted by molar-refractivity contribution is 5.92. The quantitative estimate of drug-likeness (QED) is 0.881. The van der Waals surface area contributed by atoms with Crippen molar-refractivity contribution in [1.29, 1.82) is 0 Å². The fraction of sp³-hybridized carbons (Fsp3) is 0.643. The molecule has 116 valence electrons. The van der Waals surface area contributed by atoms with Crippen LogP contribution in [-0.2, 0) is 16.1 Å². The molecule has 7 nitrogen and oxygen atoms in total. The lowest BCUT2D eigenvalue weighted by atomic mass is 10.2. The van der Waals surface area contributed by atoms with Crippen molar-refractivity contribution in [3.63, 3.8) is 0 Å². The Morgan fingerprint density at radius 3 is 2.81 bits per heavy atom. The Morgan fingerprint density at radius 1 is 1.48 bits per heavy atom. The van der Waals surface area contributed by atoms with Crippen molar-refractivity contribution < 1.29 is 14.3 Å². The lowest BCUT2D eigenvalue weighted by Gasteiger charge is -2.33. The van der Waals surface area contributed by atoms with Crippen LogP contribution >= 0.6 is 0 Å². The first-order valence-electron chi connectivity index (χ1n) is 7.10. The first kappa shape index (κ1) is 15.5. The van der Waals surface area contributed by atoms with Crippen LogP contribution in [0.1, 0.15) is 43.1 Å². The third-order valence-electron chi connectivity index (χ3n) is 3.47. The average molecular weight is 294 g/mol. The summed E-state index contributed by atoms with van der Waals surface area (Å²) in [6.45, 7) is 7.01. The van der Waals surface area contributed by atoms with Gasteiger partial charge in [0, 0.05) is 32.4 Å². The van der Waals surface area contributed by atoms with Gasteiger partial charge in [-0.05, 0) is 20.8 Å². The number of fused-ring (bicyclic) bond motifs is 1. The Hall–Kier alpha value is -1.89. The summed E-state index contributed by atoms with van der Waals surface area (Å²) >= 11 is 0. The van der Waals surface area contributed by atoms with Gasteiger partial charge in [0.2, 0.25) is 5.91 Å². The van der Waals surface area contributed by atoms with Crippen LogP contribution in [0.25, 0.3) is 0 Å². The van der Waals surface area contributed by atoms with Crippen molar-refractivity contribution in [2.24, 2.45) is 0 Å². The molecular formula is C14H22N4O3. The molecule has 0 spiro atoms. The molecule has 2 amide bonds. The molecule has 1 aliphatic heterocycles. The third-order valence-corrected chi connectivity index (χ3v) is 3.47. The number of amides is 2. The summed E-state index contributed by atoms with van der Waals surface area (Å²) in [4.78, 5) is 30.1. The zero-order valence-electron chi connectivity index (χ0n) is 12.9. The molecule has 1 N–H and O–H groups in total. The fourth-order valence-electron chi connectivity index (χ4n) is 2.48. The third kappa shape index (κ3) is 3.24. The minimum absolute atomic E-state index is 0.0613. The summed E-state index contributed by atoms with van der Waals surface area (Å²) in [5.41, 5.74) is 0.395. The highest BCUT2D eigenvalue weighted by Gasteiger charge is 2.30.